The highest BCUT2D eigenvalue weighted by Gasteiger charge is 2.15. The lowest BCUT2D eigenvalue weighted by atomic mass is 10.1. The number of nitrogens with zero attached hydrogens (tertiary/aromatic N) is 3. The SMILES string of the molecule is C=CCn1c(Cc2ccc(Cl)cc2)nnc1SCC(=O)NC(C)c1ccccc1. The van der Waals surface area contributed by atoms with Crippen molar-refractivity contribution in [2.24, 2.45) is 0 Å². The van der Waals surface area contributed by atoms with Crippen molar-refractivity contribution in [3.05, 3.63) is 89.2 Å². The third-order valence-corrected chi connectivity index (χ3v) is 5.61. The summed E-state index contributed by atoms with van der Waals surface area (Å²) in [4.78, 5) is 12.4. The molecule has 3 aromatic rings. The lowest BCUT2D eigenvalue weighted by molar-refractivity contribution is -0.119. The largest absolute Gasteiger partial charge is 0.349 e. The van der Waals surface area contributed by atoms with Crippen molar-refractivity contribution in [1.82, 2.24) is 20.1 Å². The van der Waals surface area contributed by atoms with E-state index in [1.807, 2.05) is 66.1 Å². The minimum atomic E-state index is -0.0455. The zero-order valence-electron chi connectivity index (χ0n) is 16.2. The van der Waals surface area contributed by atoms with Gasteiger partial charge in [0, 0.05) is 18.0 Å². The van der Waals surface area contributed by atoms with Gasteiger partial charge in [-0.2, -0.15) is 0 Å². The number of nitrogens with one attached hydrogen (secondary N) is 1. The predicted molar refractivity (Wildman–Crippen MR) is 118 cm³/mol. The zero-order chi connectivity index (χ0) is 20.6. The number of hydrogen-bond donors (Lipinski definition) is 1. The van der Waals surface area contributed by atoms with Crippen LogP contribution in [-0.4, -0.2) is 26.4 Å². The maximum atomic E-state index is 12.4. The Bertz CT molecular complexity index is 957. The second kappa shape index (κ2) is 10.3. The Hall–Kier alpha value is -2.57. The number of thioether (sulfide) groups is 1. The molecule has 0 saturated heterocycles. The Labute approximate surface area is 180 Å². The number of carbonyl (C=O) groups excluding carboxylic acids is 1. The molecule has 3 rings (SSSR count). The number of amides is 1. The van der Waals surface area contributed by atoms with E-state index >= 15 is 0 Å². The van der Waals surface area contributed by atoms with Crippen LogP contribution in [0.1, 0.15) is 29.9 Å². The quantitative estimate of drug-likeness (QED) is 0.398. The Morgan fingerprint density at radius 2 is 1.93 bits per heavy atom. The van der Waals surface area contributed by atoms with Crippen molar-refractivity contribution in [1.29, 1.82) is 0 Å². The molecule has 1 amide bonds. The summed E-state index contributed by atoms with van der Waals surface area (Å²) in [5.41, 5.74) is 2.17. The number of aromatic nitrogens is 3. The molecule has 0 saturated carbocycles. The van der Waals surface area contributed by atoms with Gasteiger partial charge >= 0.3 is 0 Å². The van der Waals surface area contributed by atoms with E-state index in [2.05, 4.69) is 22.1 Å². The molecule has 7 heteroatoms. The molecule has 2 aromatic carbocycles. The standard InChI is InChI=1S/C22H23ClN4OS/c1-3-13-27-20(14-17-9-11-19(23)12-10-17)25-26-22(27)29-15-21(28)24-16(2)18-7-5-4-6-8-18/h3-12,16H,1,13-15H2,2H3,(H,24,28). The minimum Gasteiger partial charge on any atom is -0.349 e. The molecule has 29 heavy (non-hydrogen) atoms. The summed E-state index contributed by atoms with van der Waals surface area (Å²) in [6.45, 7) is 6.38. The zero-order valence-corrected chi connectivity index (χ0v) is 17.8. The third kappa shape index (κ3) is 5.95. The summed E-state index contributed by atoms with van der Waals surface area (Å²) >= 11 is 7.33. The van der Waals surface area contributed by atoms with Crippen molar-refractivity contribution in [3.8, 4) is 0 Å². The van der Waals surface area contributed by atoms with Crippen molar-refractivity contribution < 1.29 is 4.79 Å². The number of carbonyl (C=O) groups is 1. The molecule has 0 bridgehead atoms. The van der Waals surface area contributed by atoms with Gasteiger partial charge in [-0.1, -0.05) is 71.9 Å². The molecule has 0 aliphatic carbocycles. The lowest BCUT2D eigenvalue weighted by Gasteiger charge is -2.14. The molecule has 0 radical (unpaired) electrons. The van der Waals surface area contributed by atoms with E-state index in [0.29, 0.717) is 23.1 Å². The van der Waals surface area contributed by atoms with Gasteiger partial charge in [0.1, 0.15) is 5.82 Å². The van der Waals surface area contributed by atoms with Gasteiger partial charge in [0.25, 0.3) is 0 Å². The Balaban J connectivity index is 1.62. The molecule has 1 aromatic heterocycles. The second-order valence-electron chi connectivity index (χ2n) is 6.59. The molecule has 1 heterocycles. The van der Waals surface area contributed by atoms with E-state index in [4.69, 9.17) is 11.6 Å². The van der Waals surface area contributed by atoms with E-state index in [-0.39, 0.29) is 17.7 Å². The smallest absolute Gasteiger partial charge is 0.230 e. The van der Waals surface area contributed by atoms with Crippen LogP contribution in [0.2, 0.25) is 5.02 Å². The summed E-state index contributed by atoms with van der Waals surface area (Å²) < 4.78 is 1.99. The fourth-order valence-corrected chi connectivity index (χ4v) is 3.80. The average Bonchev–Trinajstić information content (AvgIpc) is 3.10. The van der Waals surface area contributed by atoms with Gasteiger partial charge in [0.2, 0.25) is 5.91 Å². The van der Waals surface area contributed by atoms with E-state index in [1.54, 1.807) is 6.08 Å². The molecular weight excluding hydrogens is 404 g/mol. The molecule has 0 aliphatic heterocycles. The second-order valence-corrected chi connectivity index (χ2v) is 7.97. The van der Waals surface area contributed by atoms with E-state index < -0.39 is 0 Å². The van der Waals surface area contributed by atoms with Gasteiger partial charge in [0.05, 0.1) is 11.8 Å². The maximum absolute atomic E-state index is 12.4. The van der Waals surface area contributed by atoms with Gasteiger partial charge in [-0.25, -0.2) is 0 Å². The van der Waals surface area contributed by atoms with Crippen LogP contribution in [0.15, 0.2) is 72.4 Å². The average molecular weight is 427 g/mol. The topological polar surface area (TPSA) is 59.8 Å². The van der Waals surface area contributed by atoms with Gasteiger partial charge in [-0.05, 0) is 30.2 Å². The van der Waals surface area contributed by atoms with E-state index in [0.717, 1.165) is 17.0 Å². The molecule has 0 fully saturated rings. The molecule has 1 unspecified atom stereocenters. The van der Waals surface area contributed by atoms with E-state index in [1.165, 1.54) is 11.8 Å². The van der Waals surface area contributed by atoms with Gasteiger partial charge in [-0.3, -0.25) is 4.79 Å². The van der Waals surface area contributed by atoms with Crippen LogP contribution < -0.4 is 5.32 Å². The van der Waals surface area contributed by atoms with Crippen molar-refractivity contribution in [2.75, 3.05) is 5.75 Å². The summed E-state index contributed by atoms with van der Waals surface area (Å²) in [6, 6.07) is 17.5. The predicted octanol–water partition coefficient (Wildman–Crippen LogP) is 4.68. The van der Waals surface area contributed by atoms with Crippen molar-refractivity contribution in [3.63, 3.8) is 0 Å². The summed E-state index contributed by atoms with van der Waals surface area (Å²) in [5.74, 6) is 1.06. The molecule has 150 valence electrons. The van der Waals surface area contributed by atoms with Crippen molar-refractivity contribution >= 4 is 29.3 Å². The van der Waals surface area contributed by atoms with Crippen LogP contribution in [-0.2, 0) is 17.8 Å². The highest BCUT2D eigenvalue weighted by Crippen LogP contribution is 2.20. The minimum absolute atomic E-state index is 0.0428. The first-order chi connectivity index (χ1) is 14.1. The number of benzene rings is 2. The van der Waals surface area contributed by atoms with Crippen LogP contribution >= 0.6 is 23.4 Å². The maximum Gasteiger partial charge on any atom is 0.230 e. The molecule has 0 aliphatic rings. The Kier molecular flexibility index (Phi) is 7.49. The van der Waals surface area contributed by atoms with E-state index in [9.17, 15) is 4.79 Å². The first-order valence-corrected chi connectivity index (χ1v) is 10.7. The summed E-state index contributed by atoms with van der Waals surface area (Å²) in [7, 11) is 0. The molecule has 1 N–H and O–H groups in total. The first-order valence-electron chi connectivity index (χ1n) is 9.31. The molecular formula is C22H23ClN4OS. The van der Waals surface area contributed by atoms with Crippen LogP contribution in [0.3, 0.4) is 0 Å². The monoisotopic (exact) mass is 426 g/mol. The highest BCUT2D eigenvalue weighted by molar-refractivity contribution is 7.99. The molecule has 5 nitrogen and oxygen atoms in total. The lowest BCUT2D eigenvalue weighted by Crippen LogP contribution is -2.28. The van der Waals surface area contributed by atoms with Crippen LogP contribution in [0.5, 0.6) is 0 Å². The normalized spacial score (nSPS) is 11.8. The number of halogens is 1. The van der Waals surface area contributed by atoms with Gasteiger partial charge in [-0.15, -0.1) is 16.8 Å². The van der Waals surface area contributed by atoms with Gasteiger partial charge in [0.15, 0.2) is 5.16 Å². The Morgan fingerprint density at radius 1 is 1.21 bits per heavy atom. The van der Waals surface area contributed by atoms with Crippen LogP contribution in [0.25, 0.3) is 0 Å². The number of hydrogen-bond acceptors (Lipinski definition) is 4. The van der Waals surface area contributed by atoms with Crippen molar-refractivity contribution in [2.45, 2.75) is 31.1 Å². The molecule has 1 atom stereocenters. The molecule has 0 spiro atoms. The highest BCUT2D eigenvalue weighted by atomic mass is 35.5. The fraction of sp³-hybridized carbons (Fsp3) is 0.227. The fourth-order valence-electron chi connectivity index (χ4n) is 2.89. The third-order valence-electron chi connectivity index (χ3n) is 4.39. The van der Waals surface area contributed by atoms with Crippen LogP contribution in [0.4, 0.5) is 0 Å². The summed E-state index contributed by atoms with van der Waals surface area (Å²) in [6.07, 6.45) is 2.44. The summed E-state index contributed by atoms with van der Waals surface area (Å²) in [5, 5.41) is 13.0. The van der Waals surface area contributed by atoms with Crippen LogP contribution in [0, 0.1) is 0 Å². The Morgan fingerprint density at radius 3 is 2.62 bits per heavy atom. The number of allylic oxidation sites excluding steroid dienone is 1. The van der Waals surface area contributed by atoms with Gasteiger partial charge < -0.3 is 9.88 Å². The first kappa shape index (κ1) is 21.1. The number of rotatable bonds is 9.